The Morgan fingerprint density at radius 3 is 1.88 bits per heavy atom. The van der Waals surface area contributed by atoms with Crippen LogP contribution in [0.3, 0.4) is 0 Å². The molecule has 94 valence electrons. The van der Waals surface area contributed by atoms with E-state index in [1.54, 1.807) is 0 Å². The van der Waals surface area contributed by atoms with Gasteiger partial charge >= 0.3 is 0 Å². The van der Waals surface area contributed by atoms with Crippen LogP contribution in [0.25, 0.3) is 0 Å². The lowest BCUT2D eigenvalue weighted by atomic mass is 10.2. The van der Waals surface area contributed by atoms with Gasteiger partial charge in [-0.1, -0.05) is 6.42 Å². The van der Waals surface area contributed by atoms with Crippen LogP contribution in [0.4, 0.5) is 0 Å². The van der Waals surface area contributed by atoms with Gasteiger partial charge in [-0.2, -0.15) is 0 Å². The molecule has 0 atom stereocenters. The average molecular weight is 225 g/mol. The van der Waals surface area contributed by atoms with Crippen molar-refractivity contribution in [3.63, 3.8) is 0 Å². The van der Waals surface area contributed by atoms with E-state index in [0.717, 1.165) is 0 Å². The summed E-state index contributed by atoms with van der Waals surface area (Å²) < 4.78 is 0. The molecule has 0 saturated carbocycles. The summed E-state index contributed by atoms with van der Waals surface area (Å²) in [6.45, 7) is 10.3. The van der Waals surface area contributed by atoms with E-state index in [0.29, 0.717) is 0 Å². The summed E-state index contributed by atoms with van der Waals surface area (Å²) in [6, 6.07) is 0. The summed E-state index contributed by atoms with van der Waals surface area (Å²) in [7, 11) is 0. The zero-order chi connectivity index (χ0) is 11.1. The van der Waals surface area contributed by atoms with Crippen LogP contribution in [0.5, 0.6) is 0 Å². The van der Waals surface area contributed by atoms with E-state index in [4.69, 9.17) is 0 Å². The highest BCUT2D eigenvalue weighted by molar-refractivity contribution is 4.68. The lowest BCUT2D eigenvalue weighted by molar-refractivity contribution is 0.233. The first kappa shape index (κ1) is 12.3. The first-order valence-corrected chi connectivity index (χ1v) is 7.10. The Bertz CT molecular complexity index is 172. The zero-order valence-electron chi connectivity index (χ0n) is 10.6. The van der Waals surface area contributed by atoms with E-state index in [1.807, 2.05) is 0 Å². The average Bonchev–Trinajstić information content (AvgIpc) is 2.83. The minimum absolute atomic E-state index is 1.19. The molecule has 0 unspecified atom stereocenters. The Labute approximate surface area is 100 Å². The third-order valence-electron chi connectivity index (χ3n) is 3.86. The maximum absolute atomic E-state index is 3.41. The molecule has 2 aliphatic rings. The van der Waals surface area contributed by atoms with Gasteiger partial charge in [-0.25, -0.2) is 0 Å². The van der Waals surface area contributed by atoms with Gasteiger partial charge in [0.1, 0.15) is 0 Å². The van der Waals surface area contributed by atoms with Gasteiger partial charge in [0, 0.05) is 26.2 Å². The third kappa shape index (κ3) is 4.40. The van der Waals surface area contributed by atoms with Crippen LogP contribution < -0.4 is 5.32 Å². The minimum Gasteiger partial charge on any atom is -0.314 e. The van der Waals surface area contributed by atoms with Crippen LogP contribution in [0.1, 0.15) is 32.1 Å². The van der Waals surface area contributed by atoms with Crippen molar-refractivity contribution >= 4 is 0 Å². The number of hydrogen-bond acceptors (Lipinski definition) is 3. The van der Waals surface area contributed by atoms with Crippen molar-refractivity contribution in [3.8, 4) is 0 Å². The molecule has 0 aromatic heterocycles. The maximum Gasteiger partial charge on any atom is 0.0107 e. The standard InChI is InChI=1S/C13H27N3/c1(2-8-15-10-4-5-11-15)3-9-16-12-6-14-7-13-16/h14H,1-13H2. The largest absolute Gasteiger partial charge is 0.314 e. The summed E-state index contributed by atoms with van der Waals surface area (Å²) in [5.74, 6) is 0. The summed E-state index contributed by atoms with van der Waals surface area (Å²) in [6.07, 6.45) is 7.09. The molecule has 3 nitrogen and oxygen atoms in total. The molecular formula is C13H27N3. The molecule has 2 saturated heterocycles. The van der Waals surface area contributed by atoms with Crippen molar-refractivity contribution in [2.45, 2.75) is 32.1 Å². The maximum atomic E-state index is 3.41. The molecular weight excluding hydrogens is 198 g/mol. The third-order valence-corrected chi connectivity index (χ3v) is 3.86. The Balaban J connectivity index is 1.42. The topological polar surface area (TPSA) is 18.5 Å². The number of nitrogens with zero attached hydrogens (tertiary/aromatic N) is 2. The number of piperazine rings is 1. The van der Waals surface area contributed by atoms with Crippen LogP contribution in [-0.2, 0) is 0 Å². The van der Waals surface area contributed by atoms with E-state index in [2.05, 4.69) is 15.1 Å². The summed E-state index contributed by atoms with van der Waals surface area (Å²) in [5, 5.41) is 3.41. The Morgan fingerprint density at radius 2 is 1.25 bits per heavy atom. The molecule has 0 bridgehead atoms. The predicted octanol–water partition coefficient (Wildman–Crippen LogP) is 1.16. The van der Waals surface area contributed by atoms with Gasteiger partial charge in [0.2, 0.25) is 0 Å². The molecule has 1 N–H and O–H groups in total. The second-order valence-electron chi connectivity index (χ2n) is 5.20. The van der Waals surface area contributed by atoms with Gasteiger partial charge in [0.15, 0.2) is 0 Å². The van der Waals surface area contributed by atoms with Crippen LogP contribution in [0.2, 0.25) is 0 Å². The SMILES string of the molecule is C(CCN1CCCC1)CCN1CCNCC1. The number of rotatable bonds is 6. The van der Waals surface area contributed by atoms with E-state index >= 15 is 0 Å². The lowest BCUT2D eigenvalue weighted by Gasteiger charge is -2.27. The molecule has 0 radical (unpaired) electrons. The summed E-state index contributed by atoms with van der Waals surface area (Å²) in [5.41, 5.74) is 0. The Kier molecular flexibility index (Phi) is 5.59. The molecule has 2 fully saturated rings. The minimum atomic E-state index is 1.19. The number of unbranched alkanes of at least 4 members (excludes halogenated alkanes) is 2. The van der Waals surface area contributed by atoms with E-state index < -0.39 is 0 Å². The van der Waals surface area contributed by atoms with Crippen molar-refractivity contribution in [1.29, 1.82) is 0 Å². The predicted molar refractivity (Wildman–Crippen MR) is 68.8 cm³/mol. The van der Waals surface area contributed by atoms with Crippen LogP contribution in [0, 0.1) is 0 Å². The highest BCUT2D eigenvalue weighted by Crippen LogP contribution is 2.09. The zero-order valence-corrected chi connectivity index (χ0v) is 10.6. The molecule has 2 heterocycles. The molecule has 0 aromatic carbocycles. The first-order chi connectivity index (χ1) is 7.95. The second-order valence-corrected chi connectivity index (χ2v) is 5.20. The van der Waals surface area contributed by atoms with Crippen molar-refractivity contribution < 1.29 is 0 Å². The normalized spacial score (nSPS) is 24.0. The quantitative estimate of drug-likeness (QED) is 0.684. The number of hydrogen-bond donors (Lipinski definition) is 1. The Hall–Kier alpha value is -0.120. The van der Waals surface area contributed by atoms with Crippen molar-refractivity contribution in [2.24, 2.45) is 0 Å². The van der Waals surface area contributed by atoms with Crippen LogP contribution >= 0.6 is 0 Å². The molecule has 16 heavy (non-hydrogen) atoms. The number of nitrogens with one attached hydrogen (secondary N) is 1. The van der Waals surface area contributed by atoms with E-state index in [9.17, 15) is 0 Å². The summed E-state index contributed by atoms with van der Waals surface area (Å²) in [4.78, 5) is 5.23. The highest BCUT2D eigenvalue weighted by atomic mass is 15.2. The van der Waals surface area contributed by atoms with Crippen molar-refractivity contribution in [1.82, 2.24) is 15.1 Å². The van der Waals surface area contributed by atoms with Crippen molar-refractivity contribution in [2.75, 3.05) is 52.4 Å². The fourth-order valence-electron chi connectivity index (χ4n) is 2.79. The Morgan fingerprint density at radius 1 is 0.688 bits per heavy atom. The van der Waals surface area contributed by atoms with Gasteiger partial charge in [-0.05, 0) is 51.9 Å². The molecule has 0 aromatic rings. The van der Waals surface area contributed by atoms with E-state index in [-0.39, 0.29) is 0 Å². The first-order valence-electron chi connectivity index (χ1n) is 7.10. The van der Waals surface area contributed by atoms with Crippen LogP contribution in [-0.4, -0.2) is 62.2 Å². The van der Waals surface area contributed by atoms with Gasteiger partial charge in [-0.15, -0.1) is 0 Å². The molecule has 0 aliphatic carbocycles. The molecule has 2 rings (SSSR count). The van der Waals surface area contributed by atoms with Crippen molar-refractivity contribution in [3.05, 3.63) is 0 Å². The fourth-order valence-corrected chi connectivity index (χ4v) is 2.79. The van der Waals surface area contributed by atoms with Gasteiger partial charge < -0.3 is 15.1 Å². The smallest absolute Gasteiger partial charge is 0.0107 e. The van der Waals surface area contributed by atoms with Crippen LogP contribution in [0.15, 0.2) is 0 Å². The van der Waals surface area contributed by atoms with E-state index in [1.165, 1.54) is 84.5 Å². The summed E-state index contributed by atoms with van der Waals surface area (Å²) >= 11 is 0. The fraction of sp³-hybridized carbons (Fsp3) is 1.00. The highest BCUT2D eigenvalue weighted by Gasteiger charge is 2.11. The molecule has 2 aliphatic heterocycles. The number of likely N-dealkylation sites (tertiary alicyclic amines) is 1. The van der Waals surface area contributed by atoms with Gasteiger partial charge in [0.05, 0.1) is 0 Å². The molecule has 0 spiro atoms. The lowest BCUT2D eigenvalue weighted by Crippen LogP contribution is -2.43. The monoisotopic (exact) mass is 225 g/mol. The molecule has 0 amide bonds. The molecule has 3 heteroatoms. The van der Waals surface area contributed by atoms with Gasteiger partial charge in [-0.3, -0.25) is 0 Å². The second kappa shape index (κ2) is 7.25. The van der Waals surface area contributed by atoms with Gasteiger partial charge in [0.25, 0.3) is 0 Å².